The van der Waals surface area contributed by atoms with E-state index in [0.29, 0.717) is 12.3 Å². The minimum atomic E-state index is -0.00476. The van der Waals surface area contributed by atoms with Crippen molar-refractivity contribution in [1.29, 1.82) is 0 Å². The molecule has 1 aromatic heterocycles. The number of amides is 1. The predicted molar refractivity (Wildman–Crippen MR) is 94.7 cm³/mol. The van der Waals surface area contributed by atoms with Gasteiger partial charge in [0.15, 0.2) is 0 Å². The Balaban J connectivity index is 1.40. The average molecular weight is 346 g/mol. The summed E-state index contributed by atoms with van der Waals surface area (Å²) in [6.07, 6.45) is 5.48. The van der Waals surface area contributed by atoms with Crippen LogP contribution >= 0.6 is 11.8 Å². The zero-order valence-corrected chi connectivity index (χ0v) is 14.7. The van der Waals surface area contributed by atoms with Crippen molar-refractivity contribution in [3.05, 3.63) is 35.5 Å². The smallest absolute Gasteiger partial charge is 0.234 e. The van der Waals surface area contributed by atoms with Gasteiger partial charge in [0, 0.05) is 16.9 Å². The number of fused-ring (bicyclic) bond motifs is 1. The number of carbonyl (C=O) groups is 1. The summed E-state index contributed by atoms with van der Waals surface area (Å²) in [6.45, 7) is 0. The third-order valence-corrected chi connectivity index (χ3v) is 5.19. The maximum absolute atomic E-state index is 12.1. The molecule has 1 N–H and O–H groups in total. The van der Waals surface area contributed by atoms with Gasteiger partial charge in [-0.15, -0.1) is 11.8 Å². The molecule has 0 bridgehead atoms. The van der Waals surface area contributed by atoms with Gasteiger partial charge in [0.25, 0.3) is 0 Å². The molecule has 1 amide bonds. The molecule has 1 aromatic carbocycles. The molecule has 0 spiro atoms. The average Bonchev–Trinajstić information content (AvgIpc) is 3.02. The molecule has 0 saturated carbocycles. The molecule has 5 nitrogen and oxygen atoms in total. The van der Waals surface area contributed by atoms with E-state index in [2.05, 4.69) is 10.5 Å². The van der Waals surface area contributed by atoms with Crippen LogP contribution in [0.5, 0.6) is 5.75 Å². The highest BCUT2D eigenvalue weighted by atomic mass is 32.2. The van der Waals surface area contributed by atoms with E-state index < -0.39 is 0 Å². The maximum Gasteiger partial charge on any atom is 0.234 e. The molecule has 1 aliphatic carbocycles. The molecular weight excluding hydrogens is 324 g/mol. The number of hydrogen-bond acceptors (Lipinski definition) is 5. The van der Waals surface area contributed by atoms with Crippen LogP contribution in [0.2, 0.25) is 0 Å². The van der Waals surface area contributed by atoms with Gasteiger partial charge in [-0.25, -0.2) is 0 Å². The van der Waals surface area contributed by atoms with Crippen LogP contribution in [-0.4, -0.2) is 23.9 Å². The SMILES string of the molecule is COc1ccc(SCCCC(=O)Nc2onc3c2CCCC3)cc1. The van der Waals surface area contributed by atoms with E-state index in [1.807, 2.05) is 24.3 Å². The molecule has 0 radical (unpaired) electrons. The molecule has 0 fully saturated rings. The lowest BCUT2D eigenvalue weighted by atomic mass is 9.98. The van der Waals surface area contributed by atoms with E-state index in [-0.39, 0.29) is 5.91 Å². The third-order valence-electron chi connectivity index (χ3n) is 4.09. The Morgan fingerprint density at radius 2 is 2.08 bits per heavy atom. The van der Waals surface area contributed by atoms with Crippen molar-refractivity contribution in [1.82, 2.24) is 5.16 Å². The highest BCUT2D eigenvalue weighted by Gasteiger charge is 2.20. The molecule has 128 valence electrons. The van der Waals surface area contributed by atoms with Crippen molar-refractivity contribution in [3.63, 3.8) is 0 Å². The second kappa shape index (κ2) is 8.24. The molecule has 0 unspecified atom stereocenters. The van der Waals surface area contributed by atoms with Gasteiger partial charge in [-0.2, -0.15) is 0 Å². The van der Waals surface area contributed by atoms with Gasteiger partial charge in [-0.05, 0) is 62.1 Å². The van der Waals surface area contributed by atoms with Crippen molar-refractivity contribution in [2.75, 3.05) is 18.2 Å². The fourth-order valence-electron chi connectivity index (χ4n) is 2.77. The van der Waals surface area contributed by atoms with Crippen LogP contribution in [0.4, 0.5) is 5.88 Å². The lowest BCUT2D eigenvalue weighted by Gasteiger charge is -2.09. The van der Waals surface area contributed by atoms with E-state index in [1.54, 1.807) is 18.9 Å². The Hall–Kier alpha value is -1.95. The fraction of sp³-hybridized carbons (Fsp3) is 0.444. The number of aryl methyl sites for hydroxylation is 1. The van der Waals surface area contributed by atoms with Gasteiger partial charge in [0.2, 0.25) is 11.8 Å². The van der Waals surface area contributed by atoms with Crippen molar-refractivity contribution >= 4 is 23.6 Å². The van der Waals surface area contributed by atoms with Crippen LogP contribution in [0.25, 0.3) is 0 Å². The zero-order chi connectivity index (χ0) is 16.8. The number of benzene rings is 1. The molecule has 0 saturated heterocycles. The van der Waals surface area contributed by atoms with Gasteiger partial charge in [-0.1, -0.05) is 5.16 Å². The monoisotopic (exact) mass is 346 g/mol. The van der Waals surface area contributed by atoms with Gasteiger partial charge in [0.05, 0.1) is 12.8 Å². The molecule has 3 rings (SSSR count). The van der Waals surface area contributed by atoms with Crippen LogP contribution < -0.4 is 10.1 Å². The Kier molecular flexibility index (Phi) is 5.80. The van der Waals surface area contributed by atoms with Gasteiger partial charge < -0.3 is 9.26 Å². The predicted octanol–water partition coefficient (Wildman–Crippen LogP) is 4.07. The number of rotatable bonds is 7. The lowest BCUT2D eigenvalue weighted by Crippen LogP contribution is -2.13. The summed E-state index contributed by atoms with van der Waals surface area (Å²) in [6, 6.07) is 7.96. The van der Waals surface area contributed by atoms with Crippen molar-refractivity contribution in [3.8, 4) is 5.75 Å². The molecule has 1 aliphatic rings. The summed E-state index contributed by atoms with van der Waals surface area (Å²) >= 11 is 1.74. The highest BCUT2D eigenvalue weighted by Crippen LogP contribution is 2.28. The normalized spacial score (nSPS) is 13.4. The van der Waals surface area contributed by atoms with Gasteiger partial charge in [-0.3, -0.25) is 10.1 Å². The Morgan fingerprint density at radius 3 is 2.88 bits per heavy atom. The van der Waals surface area contributed by atoms with E-state index in [9.17, 15) is 4.79 Å². The largest absolute Gasteiger partial charge is 0.497 e. The molecule has 1 heterocycles. The van der Waals surface area contributed by atoms with Gasteiger partial charge in [0.1, 0.15) is 5.75 Å². The van der Waals surface area contributed by atoms with E-state index in [1.165, 1.54) is 4.90 Å². The van der Waals surface area contributed by atoms with E-state index >= 15 is 0 Å². The standard InChI is InChI=1S/C18H22N2O3S/c1-22-13-8-10-14(11-9-13)24-12-4-7-17(21)19-18-15-5-2-3-6-16(15)20-23-18/h8-11H,2-7,12H2,1H3,(H,19,21). The Bertz CT molecular complexity index is 682. The summed E-state index contributed by atoms with van der Waals surface area (Å²) in [7, 11) is 1.66. The van der Waals surface area contributed by atoms with Crippen molar-refractivity contribution in [2.24, 2.45) is 0 Å². The summed E-state index contributed by atoms with van der Waals surface area (Å²) in [5.41, 5.74) is 2.09. The van der Waals surface area contributed by atoms with Crippen molar-refractivity contribution < 1.29 is 14.1 Å². The Morgan fingerprint density at radius 1 is 1.29 bits per heavy atom. The number of thioether (sulfide) groups is 1. The second-order valence-corrected chi connectivity index (χ2v) is 6.99. The molecule has 0 atom stereocenters. The third kappa shape index (κ3) is 4.32. The van der Waals surface area contributed by atoms with Crippen LogP contribution in [-0.2, 0) is 17.6 Å². The number of anilines is 1. The number of nitrogens with one attached hydrogen (secondary N) is 1. The quantitative estimate of drug-likeness (QED) is 0.605. The fourth-order valence-corrected chi connectivity index (χ4v) is 3.63. The summed E-state index contributed by atoms with van der Waals surface area (Å²) in [4.78, 5) is 13.2. The summed E-state index contributed by atoms with van der Waals surface area (Å²) in [5, 5.41) is 6.93. The van der Waals surface area contributed by atoms with Crippen LogP contribution in [0.3, 0.4) is 0 Å². The van der Waals surface area contributed by atoms with Crippen molar-refractivity contribution in [2.45, 2.75) is 43.4 Å². The summed E-state index contributed by atoms with van der Waals surface area (Å²) < 4.78 is 10.4. The van der Waals surface area contributed by atoms with E-state index in [0.717, 1.165) is 54.9 Å². The topological polar surface area (TPSA) is 64.4 Å². The number of aromatic nitrogens is 1. The molecular formula is C18H22N2O3S. The molecule has 6 heteroatoms. The maximum atomic E-state index is 12.1. The first-order valence-corrected chi connectivity index (χ1v) is 9.29. The number of nitrogens with zero attached hydrogens (tertiary/aromatic N) is 1. The van der Waals surface area contributed by atoms with Crippen LogP contribution in [0, 0.1) is 0 Å². The first-order valence-electron chi connectivity index (χ1n) is 8.30. The van der Waals surface area contributed by atoms with Crippen LogP contribution in [0.15, 0.2) is 33.7 Å². The van der Waals surface area contributed by atoms with E-state index in [4.69, 9.17) is 9.26 Å². The second-order valence-electron chi connectivity index (χ2n) is 5.82. The lowest BCUT2D eigenvalue weighted by molar-refractivity contribution is -0.116. The first-order chi connectivity index (χ1) is 11.8. The Labute approximate surface area is 146 Å². The minimum Gasteiger partial charge on any atom is -0.497 e. The molecule has 2 aromatic rings. The summed E-state index contributed by atoms with van der Waals surface area (Å²) in [5.74, 6) is 2.30. The first kappa shape index (κ1) is 16.9. The number of methoxy groups -OCH3 is 1. The minimum absolute atomic E-state index is 0.00476. The van der Waals surface area contributed by atoms with Gasteiger partial charge >= 0.3 is 0 Å². The number of carbonyl (C=O) groups excluding carboxylic acids is 1. The highest BCUT2D eigenvalue weighted by molar-refractivity contribution is 7.99. The molecule has 0 aliphatic heterocycles. The number of hydrogen-bond donors (Lipinski definition) is 1. The number of ether oxygens (including phenoxy) is 1. The zero-order valence-electron chi connectivity index (χ0n) is 13.8. The molecule has 24 heavy (non-hydrogen) atoms. The van der Waals surface area contributed by atoms with Crippen LogP contribution in [0.1, 0.15) is 36.9 Å².